The maximum Gasteiger partial charge on any atom is 0.0368 e. The molecule has 0 saturated carbocycles. The van der Waals surface area contributed by atoms with E-state index in [4.69, 9.17) is 0 Å². The van der Waals surface area contributed by atoms with Crippen molar-refractivity contribution in [1.29, 1.82) is 0 Å². The lowest BCUT2D eigenvalue weighted by molar-refractivity contribution is 0.702. The van der Waals surface area contributed by atoms with E-state index in [-0.39, 0.29) is 0 Å². The molecule has 1 rings (SSSR count). The van der Waals surface area contributed by atoms with E-state index in [1.54, 1.807) is 0 Å². The number of anilines is 1. The molecular formula is C14H24N2. The van der Waals surface area contributed by atoms with Crippen molar-refractivity contribution in [2.75, 3.05) is 18.0 Å². The first-order valence-electron chi connectivity index (χ1n) is 6.25. The van der Waals surface area contributed by atoms with Crippen molar-refractivity contribution in [3.8, 4) is 0 Å². The third kappa shape index (κ3) is 3.53. The molecule has 0 bridgehead atoms. The molecule has 0 amide bonds. The van der Waals surface area contributed by atoms with Gasteiger partial charge in [-0.05, 0) is 45.0 Å². The number of benzene rings is 1. The monoisotopic (exact) mass is 220 g/mol. The van der Waals surface area contributed by atoms with Crippen LogP contribution in [0.5, 0.6) is 0 Å². The highest BCUT2D eigenvalue weighted by atomic mass is 15.1. The Labute approximate surface area is 99.7 Å². The molecule has 0 aliphatic carbocycles. The molecule has 90 valence electrons. The van der Waals surface area contributed by atoms with Crippen LogP contribution >= 0.6 is 0 Å². The Hall–Kier alpha value is -1.02. The summed E-state index contributed by atoms with van der Waals surface area (Å²) in [5.74, 6) is 0. The average molecular weight is 220 g/mol. The fourth-order valence-corrected chi connectivity index (χ4v) is 1.92. The average Bonchev–Trinajstić information content (AvgIpc) is 2.28. The molecule has 0 unspecified atom stereocenters. The van der Waals surface area contributed by atoms with Crippen molar-refractivity contribution in [1.82, 2.24) is 5.32 Å². The van der Waals surface area contributed by atoms with Gasteiger partial charge in [0, 0.05) is 24.8 Å². The molecule has 1 N–H and O–H groups in total. The molecule has 0 atom stereocenters. The highest BCUT2D eigenvalue weighted by Gasteiger charge is 2.07. The predicted octanol–water partition coefficient (Wildman–Crippen LogP) is 3.03. The Bertz CT molecular complexity index is 290. The molecule has 0 aromatic heterocycles. The summed E-state index contributed by atoms with van der Waals surface area (Å²) < 4.78 is 0. The lowest BCUT2D eigenvalue weighted by Gasteiger charge is -2.27. The van der Waals surface area contributed by atoms with Gasteiger partial charge in [0.25, 0.3) is 0 Å². The minimum absolute atomic E-state index is 0.560. The quantitative estimate of drug-likeness (QED) is 0.792. The summed E-state index contributed by atoms with van der Waals surface area (Å²) in [6, 6.07) is 9.42. The Morgan fingerprint density at radius 1 is 1.12 bits per heavy atom. The first-order chi connectivity index (χ1) is 7.69. The van der Waals surface area contributed by atoms with Crippen LogP contribution in [0.2, 0.25) is 0 Å². The van der Waals surface area contributed by atoms with Crippen LogP contribution in [0.15, 0.2) is 24.3 Å². The van der Waals surface area contributed by atoms with Gasteiger partial charge in [-0.2, -0.15) is 0 Å². The zero-order chi connectivity index (χ0) is 12.0. The highest BCUT2D eigenvalue weighted by Crippen LogP contribution is 2.17. The summed E-state index contributed by atoms with van der Waals surface area (Å²) >= 11 is 0. The number of hydrogen-bond donors (Lipinski definition) is 1. The molecule has 0 fully saturated rings. The van der Waals surface area contributed by atoms with Crippen LogP contribution in [0.4, 0.5) is 5.69 Å². The van der Waals surface area contributed by atoms with Crippen LogP contribution in [0.3, 0.4) is 0 Å². The van der Waals surface area contributed by atoms with Crippen LogP contribution in [-0.4, -0.2) is 19.1 Å². The normalized spacial score (nSPS) is 10.8. The number of nitrogens with zero attached hydrogens (tertiary/aromatic N) is 1. The van der Waals surface area contributed by atoms with Gasteiger partial charge in [0.1, 0.15) is 0 Å². The van der Waals surface area contributed by atoms with Crippen LogP contribution in [0.25, 0.3) is 0 Å². The molecule has 2 nitrogen and oxygen atoms in total. The van der Waals surface area contributed by atoms with E-state index in [9.17, 15) is 0 Å². The van der Waals surface area contributed by atoms with Crippen molar-refractivity contribution in [2.24, 2.45) is 0 Å². The van der Waals surface area contributed by atoms with Crippen LogP contribution in [0.1, 0.15) is 33.3 Å². The van der Waals surface area contributed by atoms with Crippen LogP contribution in [-0.2, 0) is 6.54 Å². The zero-order valence-corrected chi connectivity index (χ0v) is 11.0. The van der Waals surface area contributed by atoms with Gasteiger partial charge in [-0.15, -0.1) is 0 Å². The molecule has 16 heavy (non-hydrogen) atoms. The van der Waals surface area contributed by atoms with Crippen molar-refractivity contribution in [2.45, 2.75) is 40.3 Å². The standard InChI is InChI=1S/C14H24N2/c1-5-15-11-13-7-9-14(10-8-13)16(6-2)12(3)4/h7-10,12,15H,5-6,11H2,1-4H3. The third-order valence-electron chi connectivity index (χ3n) is 2.81. The van der Waals surface area contributed by atoms with Gasteiger partial charge in [0.05, 0.1) is 0 Å². The molecule has 0 aliphatic rings. The zero-order valence-electron chi connectivity index (χ0n) is 11.0. The second-order valence-corrected chi connectivity index (χ2v) is 4.33. The summed E-state index contributed by atoms with van der Waals surface area (Å²) in [4.78, 5) is 2.40. The SMILES string of the molecule is CCNCc1ccc(N(CC)C(C)C)cc1. The second-order valence-electron chi connectivity index (χ2n) is 4.33. The molecule has 1 aromatic rings. The van der Waals surface area contributed by atoms with E-state index < -0.39 is 0 Å². The molecule has 0 aliphatic heterocycles. The predicted molar refractivity (Wildman–Crippen MR) is 72.0 cm³/mol. The van der Waals surface area contributed by atoms with Gasteiger partial charge in [0.2, 0.25) is 0 Å². The van der Waals surface area contributed by atoms with E-state index in [0.717, 1.165) is 19.6 Å². The summed E-state index contributed by atoms with van der Waals surface area (Å²) in [5.41, 5.74) is 2.67. The second kappa shape index (κ2) is 6.54. The topological polar surface area (TPSA) is 15.3 Å². The molecule has 0 radical (unpaired) electrons. The summed E-state index contributed by atoms with van der Waals surface area (Å²) in [7, 11) is 0. The maximum atomic E-state index is 3.34. The van der Waals surface area contributed by atoms with E-state index in [1.807, 2.05) is 0 Å². The Balaban J connectivity index is 2.69. The van der Waals surface area contributed by atoms with Crippen molar-refractivity contribution >= 4 is 5.69 Å². The number of hydrogen-bond acceptors (Lipinski definition) is 2. The summed E-state index contributed by atoms with van der Waals surface area (Å²) in [5, 5.41) is 3.34. The first kappa shape index (κ1) is 13.0. The van der Waals surface area contributed by atoms with Gasteiger partial charge in [-0.1, -0.05) is 19.1 Å². The summed E-state index contributed by atoms with van der Waals surface area (Å²) in [6.07, 6.45) is 0. The number of rotatable bonds is 6. The van der Waals surface area contributed by atoms with Crippen molar-refractivity contribution in [3.05, 3.63) is 29.8 Å². The third-order valence-corrected chi connectivity index (χ3v) is 2.81. The van der Waals surface area contributed by atoms with Gasteiger partial charge in [-0.3, -0.25) is 0 Å². The van der Waals surface area contributed by atoms with Gasteiger partial charge in [0.15, 0.2) is 0 Å². The molecule has 0 heterocycles. The Kier molecular flexibility index (Phi) is 5.33. The van der Waals surface area contributed by atoms with Gasteiger partial charge >= 0.3 is 0 Å². The minimum Gasteiger partial charge on any atom is -0.369 e. The molecular weight excluding hydrogens is 196 g/mol. The van der Waals surface area contributed by atoms with Crippen molar-refractivity contribution in [3.63, 3.8) is 0 Å². The van der Waals surface area contributed by atoms with Gasteiger partial charge < -0.3 is 10.2 Å². The smallest absolute Gasteiger partial charge is 0.0368 e. The molecule has 1 aromatic carbocycles. The highest BCUT2D eigenvalue weighted by molar-refractivity contribution is 5.48. The van der Waals surface area contributed by atoms with E-state index in [0.29, 0.717) is 6.04 Å². The minimum atomic E-state index is 0.560. The summed E-state index contributed by atoms with van der Waals surface area (Å²) in [6.45, 7) is 11.8. The number of nitrogens with one attached hydrogen (secondary N) is 1. The van der Waals surface area contributed by atoms with E-state index >= 15 is 0 Å². The van der Waals surface area contributed by atoms with E-state index in [2.05, 4.69) is 62.2 Å². The van der Waals surface area contributed by atoms with Crippen molar-refractivity contribution < 1.29 is 0 Å². The Morgan fingerprint density at radius 2 is 1.75 bits per heavy atom. The van der Waals surface area contributed by atoms with Crippen LogP contribution in [0, 0.1) is 0 Å². The molecule has 2 heteroatoms. The van der Waals surface area contributed by atoms with Gasteiger partial charge in [-0.25, -0.2) is 0 Å². The fraction of sp³-hybridized carbons (Fsp3) is 0.571. The maximum absolute atomic E-state index is 3.34. The first-order valence-corrected chi connectivity index (χ1v) is 6.25. The largest absolute Gasteiger partial charge is 0.369 e. The molecule has 0 saturated heterocycles. The lowest BCUT2D eigenvalue weighted by atomic mass is 10.1. The lowest BCUT2D eigenvalue weighted by Crippen LogP contribution is -2.30. The van der Waals surface area contributed by atoms with E-state index in [1.165, 1.54) is 11.3 Å². The fourth-order valence-electron chi connectivity index (χ4n) is 1.92. The van der Waals surface area contributed by atoms with Crippen LogP contribution < -0.4 is 10.2 Å². The Morgan fingerprint density at radius 3 is 2.19 bits per heavy atom. The molecule has 0 spiro atoms.